The molecule has 0 bridgehead atoms. The summed E-state index contributed by atoms with van der Waals surface area (Å²) in [6, 6.07) is 0.257. The molecule has 1 rings (SSSR count). The van der Waals surface area contributed by atoms with Gasteiger partial charge in [-0.1, -0.05) is 5.22 Å². The molecule has 0 saturated carbocycles. The summed E-state index contributed by atoms with van der Waals surface area (Å²) < 4.78 is 0. The van der Waals surface area contributed by atoms with Crippen LogP contribution in [0, 0.1) is 11.3 Å². The molecule has 0 aliphatic carbocycles. The third kappa shape index (κ3) is 0.842. The van der Waals surface area contributed by atoms with Crippen molar-refractivity contribution < 1.29 is 9.59 Å². The number of carbonyl (C=O) groups excluding carboxylic acids is 2. The molecule has 0 aromatic rings. The molecule has 6 nitrogen and oxygen atoms in total. The Morgan fingerprint density at radius 3 is 2.80 bits per heavy atom. The first-order valence-electron chi connectivity index (χ1n) is 2.39. The number of carbonyl (C=O) groups is 2. The lowest BCUT2D eigenvalue weighted by Crippen LogP contribution is -2.37. The normalized spacial score (nSPS) is 23.7. The molecule has 1 amide bonds. The molecule has 1 unspecified atom stereocenters. The van der Waals surface area contributed by atoms with E-state index in [0.717, 1.165) is 0 Å². The summed E-state index contributed by atoms with van der Waals surface area (Å²) in [7, 11) is 0. The SMILES string of the molecule is N#CC1N=NNC(=O)C1=O. The summed E-state index contributed by atoms with van der Waals surface area (Å²) in [5.41, 5.74) is 1.81. The average molecular weight is 138 g/mol. The maximum atomic E-state index is 10.6. The molecule has 10 heavy (non-hydrogen) atoms. The Kier molecular flexibility index (Phi) is 1.41. The zero-order valence-electron chi connectivity index (χ0n) is 4.74. The van der Waals surface area contributed by atoms with Crippen LogP contribution in [0.15, 0.2) is 10.3 Å². The lowest BCUT2D eigenvalue weighted by molar-refractivity contribution is -0.139. The van der Waals surface area contributed by atoms with Gasteiger partial charge in [0.1, 0.15) is 6.07 Å². The fourth-order valence-electron chi connectivity index (χ4n) is 0.448. The number of hydrogen-bond acceptors (Lipinski definition) is 5. The molecule has 1 atom stereocenters. The fraction of sp³-hybridized carbons (Fsp3) is 0.250. The van der Waals surface area contributed by atoms with Crippen LogP contribution in [0.1, 0.15) is 0 Å². The van der Waals surface area contributed by atoms with Crippen LogP contribution in [0.4, 0.5) is 0 Å². The molecule has 0 saturated heterocycles. The van der Waals surface area contributed by atoms with Crippen molar-refractivity contribution in [3.05, 3.63) is 0 Å². The lowest BCUT2D eigenvalue weighted by atomic mass is 10.2. The van der Waals surface area contributed by atoms with E-state index < -0.39 is 17.7 Å². The Hall–Kier alpha value is -1.77. The van der Waals surface area contributed by atoms with Gasteiger partial charge in [0.15, 0.2) is 0 Å². The second kappa shape index (κ2) is 2.23. The van der Waals surface area contributed by atoms with Gasteiger partial charge in [-0.2, -0.15) is 5.26 Å². The average Bonchev–Trinajstić information content (AvgIpc) is 1.95. The van der Waals surface area contributed by atoms with Crippen LogP contribution in [0.3, 0.4) is 0 Å². The summed E-state index contributed by atoms with van der Waals surface area (Å²) in [5, 5.41) is 14.4. The first-order valence-corrected chi connectivity index (χ1v) is 2.39. The first kappa shape index (κ1) is 6.35. The highest BCUT2D eigenvalue weighted by Gasteiger charge is 2.27. The van der Waals surface area contributed by atoms with E-state index in [4.69, 9.17) is 5.26 Å². The van der Waals surface area contributed by atoms with Gasteiger partial charge in [0.25, 0.3) is 5.78 Å². The van der Waals surface area contributed by atoms with Crippen molar-refractivity contribution in [2.75, 3.05) is 0 Å². The minimum absolute atomic E-state index is 0.863. The van der Waals surface area contributed by atoms with Crippen LogP contribution in [0.2, 0.25) is 0 Å². The third-order valence-electron chi connectivity index (χ3n) is 0.919. The highest BCUT2D eigenvalue weighted by molar-refractivity contribution is 6.39. The van der Waals surface area contributed by atoms with E-state index >= 15 is 0 Å². The second-order valence-electron chi connectivity index (χ2n) is 1.55. The highest BCUT2D eigenvalue weighted by atomic mass is 16.2. The molecule has 0 aromatic carbocycles. The number of nitrogens with one attached hydrogen (secondary N) is 1. The number of rotatable bonds is 0. The predicted octanol–water partition coefficient (Wildman–Crippen LogP) is -1.06. The summed E-state index contributed by atoms with van der Waals surface area (Å²) in [6.45, 7) is 0. The van der Waals surface area contributed by atoms with E-state index in [1.807, 2.05) is 5.43 Å². The zero-order valence-corrected chi connectivity index (χ0v) is 4.74. The van der Waals surface area contributed by atoms with Crippen LogP contribution in [0.25, 0.3) is 0 Å². The molecule has 1 N–H and O–H groups in total. The maximum Gasteiger partial charge on any atom is 0.312 e. The van der Waals surface area contributed by atoms with Crippen molar-refractivity contribution >= 4 is 11.7 Å². The standard InChI is InChI=1S/C4H2N4O2/c5-1-2-3(9)4(10)7-8-6-2/h2H,(H,6,7,10). The van der Waals surface area contributed by atoms with Crippen molar-refractivity contribution in [3.63, 3.8) is 0 Å². The van der Waals surface area contributed by atoms with Crippen LogP contribution in [0.5, 0.6) is 0 Å². The number of hydrogen-bond donors (Lipinski definition) is 1. The first-order chi connectivity index (χ1) is 4.75. The van der Waals surface area contributed by atoms with Gasteiger partial charge >= 0.3 is 5.91 Å². The van der Waals surface area contributed by atoms with Gasteiger partial charge in [0.2, 0.25) is 6.04 Å². The molecule has 0 spiro atoms. The number of Topliss-reactive ketones (excluding diaryl/α,β-unsaturated/α-hetero) is 1. The number of nitrogens with zero attached hydrogens (tertiary/aromatic N) is 3. The molecule has 6 heteroatoms. The Bertz CT molecular complexity index is 250. The molecular weight excluding hydrogens is 136 g/mol. The van der Waals surface area contributed by atoms with E-state index in [2.05, 4.69) is 10.3 Å². The van der Waals surface area contributed by atoms with E-state index in [1.54, 1.807) is 0 Å². The number of nitriles is 1. The van der Waals surface area contributed by atoms with Crippen LogP contribution >= 0.6 is 0 Å². The Labute approximate surface area is 55.5 Å². The van der Waals surface area contributed by atoms with Crippen LogP contribution < -0.4 is 5.43 Å². The molecule has 0 aromatic heterocycles. The van der Waals surface area contributed by atoms with Gasteiger partial charge in [-0.15, -0.1) is 5.11 Å². The molecule has 1 aliphatic heterocycles. The van der Waals surface area contributed by atoms with E-state index in [0.29, 0.717) is 0 Å². The van der Waals surface area contributed by atoms with Crippen molar-refractivity contribution in [3.8, 4) is 6.07 Å². The third-order valence-corrected chi connectivity index (χ3v) is 0.919. The Morgan fingerprint density at radius 1 is 1.60 bits per heavy atom. The van der Waals surface area contributed by atoms with Crippen LogP contribution in [-0.2, 0) is 9.59 Å². The summed E-state index contributed by atoms with van der Waals surface area (Å²) in [5.74, 6) is -1.75. The molecule has 0 fully saturated rings. The van der Waals surface area contributed by atoms with E-state index in [-0.39, 0.29) is 0 Å². The molecule has 50 valence electrons. The van der Waals surface area contributed by atoms with Gasteiger partial charge in [-0.25, -0.2) is 5.43 Å². The van der Waals surface area contributed by atoms with Gasteiger partial charge in [-0.05, 0) is 0 Å². The van der Waals surface area contributed by atoms with E-state index in [9.17, 15) is 9.59 Å². The van der Waals surface area contributed by atoms with Crippen molar-refractivity contribution in [1.82, 2.24) is 5.43 Å². The van der Waals surface area contributed by atoms with Gasteiger partial charge in [0, 0.05) is 0 Å². The van der Waals surface area contributed by atoms with Gasteiger partial charge in [-0.3, -0.25) is 9.59 Å². The molecular formula is C4H2N4O2. The van der Waals surface area contributed by atoms with Crippen molar-refractivity contribution in [2.24, 2.45) is 10.3 Å². The second-order valence-corrected chi connectivity index (χ2v) is 1.55. The van der Waals surface area contributed by atoms with Gasteiger partial charge < -0.3 is 0 Å². The van der Waals surface area contributed by atoms with Gasteiger partial charge in [0.05, 0.1) is 0 Å². The highest BCUT2D eigenvalue weighted by Crippen LogP contribution is 1.96. The molecule has 1 heterocycles. The lowest BCUT2D eigenvalue weighted by Gasteiger charge is -2.04. The van der Waals surface area contributed by atoms with Crippen LogP contribution in [-0.4, -0.2) is 17.7 Å². The largest absolute Gasteiger partial charge is 0.312 e. The zero-order chi connectivity index (χ0) is 7.56. The molecule has 1 aliphatic rings. The van der Waals surface area contributed by atoms with Crippen molar-refractivity contribution in [2.45, 2.75) is 6.04 Å². The molecule has 0 radical (unpaired) electrons. The quantitative estimate of drug-likeness (QED) is 0.432. The summed E-state index contributed by atoms with van der Waals surface area (Å²) >= 11 is 0. The Morgan fingerprint density at radius 2 is 2.30 bits per heavy atom. The number of amides is 1. The van der Waals surface area contributed by atoms with E-state index in [1.165, 1.54) is 6.07 Å². The Balaban J connectivity index is 2.89. The minimum atomic E-state index is -1.26. The minimum Gasteiger partial charge on any atom is -0.285 e. The monoisotopic (exact) mass is 138 g/mol. The topological polar surface area (TPSA) is 94.7 Å². The fourth-order valence-corrected chi connectivity index (χ4v) is 0.448. The number of ketones is 1. The maximum absolute atomic E-state index is 10.6. The predicted molar refractivity (Wildman–Crippen MR) is 27.4 cm³/mol. The van der Waals surface area contributed by atoms with Crippen molar-refractivity contribution in [1.29, 1.82) is 5.26 Å². The summed E-state index contributed by atoms with van der Waals surface area (Å²) in [4.78, 5) is 21.0. The smallest absolute Gasteiger partial charge is 0.285 e. The summed E-state index contributed by atoms with van der Waals surface area (Å²) in [6.07, 6.45) is 0.